The van der Waals surface area contributed by atoms with Crippen molar-refractivity contribution >= 4 is 17.4 Å². The zero-order valence-electron chi connectivity index (χ0n) is 8.08. The molecule has 3 heteroatoms. The minimum atomic E-state index is 0.333. The first-order valence-corrected chi connectivity index (χ1v) is 5.59. The van der Waals surface area contributed by atoms with Crippen LogP contribution in [0.1, 0.15) is 6.92 Å². The third kappa shape index (κ3) is 3.28. The van der Waals surface area contributed by atoms with Gasteiger partial charge in [-0.15, -0.1) is 11.8 Å². The van der Waals surface area contributed by atoms with Crippen LogP contribution < -0.4 is 11.1 Å². The highest BCUT2D eigenvalue weighted by Gasteiger charge is 1.98. The number of hydrogen-bond acceptors (Lipinski definition) is 3. The van der Waals surface area contributed by atoms with Gasteiger partial charge >= 0.3 is 0 Å². The SMILES string of the molecule is CSc1ccc(NC(C)CN)cc1. The van der Waals surface area contributed by atoms with Crippen molar-refractivity contribution in [2.75, 3.05) is 18.1 Å². The van der Waals surface area contributed by atoms with Gasteiger partial charge < -0.3 is 11.1 Å². The van der Waals surface area contributed by atoms with E-state index in [1.165, 1.54) is 4.90 Å². The fourth-order valence-corrected chi connectivity index (χ4v) is 1.44. The fourth-order valence-electron chi connectivity index (χ4n) is 1.03. The van der Waals surface area contributed by atoms with E-state index in [4.69, 9.17) is 5.73 Å². The Labute approximate surface area is 83.9 Å². The van der Waals surface area contributed by atoms with Crippen molar-refractivity contribution in [1.29, 1.82) is 0 Å². The van der Waals surface area contributed by atoms with Crippen molar-refractivity contribution in [2.45, 2.75) is 17.9 Å². The van der Waals surface area contributed by atoms with Crippen molar-refractivity contribution < 1.29 is 0 Å². The molecular formula is C10H16N2S. The topological polar surface area (TPSA) is 38.0 Å². The summed E-state index contributed by atoms with van der Waals surface area (Å²) in [5.41, 5.74) is 6.64. The summed E-state index contributed by atoms with van der Waals surface area (Å²) in [5, 5.41) is 3.31. The average Bonchev–Trinajstić information content (AvgIpc) is 2.19. The number of anilines is 1. The van der Waals surface area contributed by atoms with Gasteiger partial charge in [0.2, 0.25) is 0 Å². The number of benzene rings is 1. The molecule has 0 aliphatic heterocycles. The molecule has 0 aliphatic carbocycles. The molecule has 13 heavy (non-hydrogen) atoms. The highest BCUT2D eigenvalue weighted by atomic mass is 32.2. The number of nitrogens with one attached hydrogen (secondary N) is 1. The Kier molecular flexibility index (Phi) is 4.12. The van der Waals surface area contributed by atoms with Crippen molar-refractivity contribution in [2.24, 2.45) is 5.73 Å². The van der Waals surface area contributed by atoms with Crippen LogP contribution in [0.3, 0.4) is 0 Å². The first-order chi connectivity index (χ1) is 6.26. The third-order valence-electron chi connectivity index (χ3n) is 1.86. The molecule has 1 aromatic rings. The molecular weight excluding hydrogens is 180 g/mol. The summed E-state index contributed by atoms with van der Waals surface area (Å²) in [6, 6.07) is 8.71. The van der Waals surface area contributed by atoms with Gasteiger partial charge in [-0.1, -0.05) is 0 Å². The molecule has 72 valence electrons. The minimum Gasteiger partial charge on any atom is -0.381 e. The molecule has 2 nitrogen and oxygen atoms in total. The second-order valence-electron chi connectivity index (χ2n) is 3.01. The Morgan fingerprint density at radius 3 is 2.46 bits per heavy atom. The van der Waals surface area contributed by atoms with Gasteiger partial charge in [-0.05, 0) is 37.4 Å². The number of thioether (sulfide) groups is 1. The highest BCUT2D eigenvalue weighted by molar-refractivity contribution is 7.98. The van der Waals surface area contributed by atoms with Crippen LogP contribution in [-0.4, -0.2) is 18.8 Å². The van der Waals surface area contributed by atoms with Crippen LogP contribution in [0.25, 0.3) is 0 Å². The lowest BCUT2D eigenvalue weighted by Crippen LogP contribution is -2.24. The molecule has 0 bridgehead atoms. The summed E-state index contributed by atoms with van der Waals surface area (Å²) in [7, 11) is 0. The van der Waals surface area contributed by atoms with E-state index >= 15 is 0 Å². The summed E-state index contributed by atoms with van der Waals surface area (Å²) in [4.78, 5) is 1.28. The average molecular weight is 196 g/mol. The Hall–Kier alpha value is -0.670. The lowest BCUT2D eigenvalue weighted by molar-refractivity contribution is 0.804. The van der Waals surface area contributed by atoms with E-state index in [1.807, 2.05) is 0 Å². The van der Waals surface area contributed by atoms with Crippen LogP contribution in [0.5, 0.6) is 0 Å². The molecule has 0 fully saturated rings. The largest absolute Gasteiger partial charge is 0.381 e. The van der Waals surface area contributed by atoms with Gasteiger partial charge in [-0.3, -0.25) is 0 Å². The zero-order chi connectivity index (χ0) is 9.68. The van der Waals surface area contributed by atoms with E-state index in [-0.39, 0.29) is 0 Å². The maximum absolute atomic E-state index is 5.51. The minimum absolute atomic E-state index is 0.333. The zero-order valence-corrected chi connectivity index (χ0v) is 8.90. The Balaban J connectivity index is 2.58. The van der Waals surface area contributed by atoms with E-state index in [0.717, 1.165) is 5.69 Å². The van der Waals surface area contributed by atoms with Crippen molar-refractivity contribution in [3.8, 4) is 0 Å². The van der Waals surface area contributed by atoms with Crippen LogP contribution in [0.15, 0.2) is 29.2 Å². The van der Waals surface area contributed by atoms with Crippen molar-refractivity contribution in [1.82, 2.24) is 0 Å². The lowest BCUT2D eigenvalue weighted by atomic mass is 10.2. The van der Waals surface area contributed by atoms with Crippen LogP contribution in [0, 0.1) is 0 Å². The summed E-state index contributed by atoms with van der Waals surface area (Å²) < 4.78 is 0. The number of rotatable bonds is 4. The number of nitrogens with two attached hydrogens (primary N) is 1. The smallest absolute Gasteiger partial charge is 0.0355 e. The molecule has 0 saturated carbocycles. The summed E-state index contributed by atoms with van der Waals surface area (Å²) in [5.74, 6) is 0. The predicted molar refractivity (Wildman–Crippen MR) is 60.4 cm³/mol. The van der Waals surface area contributed by atoms with E-state index in [0.29, 0.717) is 12.6 Å². The fraction of sp³-hybridized carbons (Fsp3) is 0.400. The van der Waals surface area contributed by atoms with Crippen LogP contribution in [0.2, 0.25) is 0 Å². The molecule has 0 spiro atoms. The molecule has 1 atom stereocenters. The van der Waals surface area contributed by atoms with Gasteiger partial charge in [-0.25, -0.2) is 0 Å². The molecule has 1 unspecified atom stereocenters. The van der Waals surface area contributed by atoms with Crippen LogP contribution >= 0.6 is 11.8 Å². The van der Waals surface area contributed by atoms with E-state index in [9.17, 15) is 0 Å². The van der Waals surface area contributed by atoms with Gasteiger partial charge in [-0.2, -0.15) is 0 Å². The van der Waals surface area contributed by atoms with Gasteiger partial charge in [0.15, 0.2) is 0 Å². The Morgan fingerprint density at radius 2 is 2.00 bits per heavy atom. The molecule has 1 aromatic carbocycles. The normalized spacial score (nSPS) is 12.5. The predicted octanol–water partition coefficient (Wildman–Crippen LogP) is 2.17. The van der Waals surface area contributed by atoms with Gasteiger partial charge in [0.25, 0.3) is 0 Å². The monoisotopic (exact) mass is 196 g/mol. The second-order valence-corrected chi connectivity index (χ2v) is 3.89. The van der Waals surface area contributed by atoms with E-state index < -0.39 is 0 Å². The molecule has 0 aromatic heterocycles. The van der Waals surface area contributed by atoms with Gasteiger partial charge in [0, 0.05) is 23.2 Å². The molecule has 0 amide bonds. The van der Waals surface area contributed by atoms with E-state index in [2.05, 4.69) is 42.8 Å². The third-order valence-corrected chi connectivity index (χ3v) is 2.60. The van der Waals surface area contributed by atoms with Gasteiger partial charge in [0.05, 0.1) is 0 Å². The summed E-state index contributed by atoms with van der Waals surface area (Å²) in [6.45, 7) is 2.73. The first-order valence-electron chi connectivity index (χ1n) is 4.37. The molecule has 1 rings (SSSR count). The molecule has 0 heterocycles. The summed E-state index contributed by atoms with van der Waals surface area (Å²) >= 11 is 1.75. The standard InChI is InChI=1S/C10H16N2S/c1-8(7-11)12-9-3-5-10(13-2)6-4-9/h3-6,8,12H,7,11H2,1-2H3. The maximum atomic E-state index is 5.51. The first kappa shape index (κ1) is 10.4. The lowest BCUT2D eigenvalue weighted by Gasteiger charge is -2.12. The maximum Gasteiger partial charge on any atom is 0.0355 e. The molecule has 0 saturated heterocycles. The number of hydrogen-bond donors (Lipinski definition) is 2. The molecule has 3 N–H and O–H groups in total. The van der Waals surface area contributed by atoms with Gasteiger partial charge in [0.1, 0.15) is 0 Å². The van der Waals surface area contributed by atoms with Crippen molar-refractivity contribution in [3.05, 3.63) is 24.3 Å². The van der Waals surface area contributed by atoms with E-state index in [1.54, 1.807) is 11.8 Å². The second kappa shape index (κ2) is 5.14. The Bertz CT molecular complexity index is 246. The highest BCUT2D eigenvalue weighted by Crippen LogP contribution is 2.17. The molecule has 0 aliphatic rings. The summed E-state index contributed by atoms with van der Waals surface area (Å²) in [6.07, 6.45) is 2.07. The van der Waals surface area contributed by atoms with Crippen LogP contribution in [0.4, 0.5) is 5.69 Å². The molecule has 0 radical (unpaired) electrons. The quantitative estimate of drug-likeness (QED) is 0.725. The van der Waals surface area contributed by atoms with Crippen LogP contribution in [-0.2, 0) is 0 Å². The van der Waals surface area contributed by atoms with Crippen molar-refractivity contribution in [3.63, 3.8) is 0 Å². The Morgan fingerprint density at radius 1 is 1.38 bits per heavy atom.